The molecule has 5 heteroatoms. The van der Waals surface area contributed by atoms with Crippen LogP contribution in [-0.4, -0.2) is 40.6 Å². The van der Waals surface area contributed by atoms with Crippen LogP contribution in [-0.2, 0) is 4.79 Å². The number of hydrogen-bond donors (Lipinski definition) is 2. The first-order chi connectivity index (χ1) is 7.29. The fourth-order valence-corrected chi connectivity index (χ4v) is 1.09. The quantitative estimate of drug-likeness (QED) is 0.553. The second-order valence-electron chi connectivity index (χ2n) is 4.34. The van der Waals surface area contributed by atoms with Crippen molar-refractivity contribution in [2.75, 3.05) is 13.1 Å². The molecule has 90 valence electrons. The van der Waals surface area contributed by atoms with Gasteiger partial charge in [-0.2, -0.15) is 0 Å². The van der Waals surface area contributed by atoms with Crippen molar-refractivity contribution in [1.29, 1.82) is 0 Å². The lowest BCUT2D eigenvalue weighted by molar-refractivity contribution is -0.138. The minimum absolute atomic E-state index is 0.328. The van der Waals surface area contributed by atoms with Crippen LogP contribution in [0.5, 0.6) is 0 Å². The maximum atomic E-state index is 11.7. The number of aliphatic carboxylic acids is 1. The van der Waals surface area contributed by atoms with Crippen LogP contribution in [0.25, 0.3) is 0 Å². The Balaban J connectivity index is 4.47. The van der Waals surface area contributed by atoms with Crippen molar-refractivity contribution in [3.63, 3.8) is 0 Å². The molecule has 0 aromatic heterocycles. The van der Waals surface area contributed by atoms with E-state index >= 15 is 0 Å². The number of carboxylic acid groups (broad SMARTS) is 1. The molecule has 0 aliphatic heterocycles. The van der Waals surface area contributed by atoms with Gasteiger partial charge < -0.3 is 15.3 Å². The number of carbonyl (C=O) groups is 2. The topological polar surface area (TPSA) is 69.6 Å². The average molecular weight is 226 g/mol. The third kappa shape index (κ3) is 5.25. The summed E-state index contributed by atoms with van der Waals surface area (Å²) in [6.45, 7) is 5.34. The highest BCUT2D eigenvalue weighted by Crippen LogP contribution is 2.12. The van der Waals surface area contributed by atoms with Gasteiger partial charge in [-0.3, -0.25) is 4.79 Å². The normalized spacial score (nSPS) is 10.4. The van der Waals surface area contributed by atoms with E-state index in [-0.39, 0.29) is 6.54 Å². The van der Waals surface area contributed by atoms with Crippen LogP contribution in [0.15, 0.2) is 0 Å². The first kappa shape index (κ1) is 14.3. The predicted molar refractivity (Wildman–Crippen MR) is 60.9 cm³/mol. The van der Waals surface area contributed by atoms with E-state index in [1.165, 1.54) is 4.90 Å². The van der Waals surface area contributed by atoms with Gasteiger partial charge in [-0.05, 0) is 20.8 Å². The first-order valence-corrected chi connectivity index (χ1v) is 4.99. The van der Waals surface area contributed by atoms with E-state index in [0.29, 0.717) is 13.0 Å². The van der Waals surface area contributed by atoms with E-state index in [1.807, 2.05) is 0 Å². The predicted octanol–water partition coefficient (Wildman–Crippen LogP) is 0.904. The van der Waals surface area contributed by atoms with E-state index in [1.54, 1.807) is 20.8 Å². The molecule has 2 amide bonds. The molecule has 0 bridgehead atoms. The Morgan fingerprint density at radius 3 is 2.38 bits per heavy atom. The smallest absolute Gasteiger partial charge is 0.323 e. The summed E-state index contributed by atoms with van der Waals surface area (Å²) in [5.41, 5.74) is -0.543. The van der Waals surface area contributed by atoms with E-state index in [2.05, 4.69) is 11.2 Å². The van der Waals surface area contributed by atoms with Crippen molar-refractivity contribution >= 4 is 12.0 Å². The van der Waals surface area contributed by atoms with Gasteiger partial charge in [0, 0.05) is 18.5 Å². The monoisotopic (exact) mass is 226 g/mol. The van der Waals surface area contributed by atoms with Crippen molar-refractivity contribution in [2.45, 2.75) is 32.7 Å². The molecule has 0 spiro atoms. The van der Waals surface area contributed by atoms with Crippen molar-refractivity contribution in [3.8, 4) is 12.3 Å². The summed E-state index contributed by atoms with van der Waals surface area (Å²) in [6.07, 6.45) is 5.48. The lowest BCUT2D eigenvalue weighted by Crippen LogP contribution is -2.52. The zero-order valence-corrected chi connectivity index (χ0v) is 9.91. The molecule has 0 radical (unpaired) electrons. The average Bonchev–Trinajstić information content (AvgIpc) is 2.12. The Morgan fingerprint density at radius 1 is 1.44 bits per heavy atom. The molecule has 0 rings (SSSR count). The van der Waals surface area contributed by atoms with Crippen LogP contribution < -0.4 is 5.32 Å². The fourth-order valence-electron chi connectivity index (χ4n) is 1.09. The molecular formula is C11H18N2O3. The van der Waals surface area contributed by atoms with Gasteiger partial charge in [0.1, 0.15) is 6.54 Å². The van der Waals surface area contributed by atoms with Crippen LogP contribution in [0.1, 0.15) is 27.2 Å². The van der Waals surface area contributed by atoms with Crippen molar-refractivity contribution in [2.24, 2.45) is 0 Å². The lowest BCUT2D eigenvalue weighted by Gasteiger charge is -2.34. The van der Waals surface area contributed by atoms with Crippen molar-refractivity contribution < 1.29 is 14.7 Å². The van der Waals surface area contributed by atoms with E-state index in [0.717, 1.165) is 0 Å². The molecule has 0 heterocycles. The maximum Gasteiger partial charge on any atom is 0.323 e. The second kappa shape index (κ2) is 6.01. The Labute approximate surface area is 95.8 Å². The number of terminal acetylenes is 1. The molecule has 0 atom stereocenters. The number of rotatable bonds is 4. The minimum atomic E-state index is -1.04. The Kier molecular flexibility index (Phi) is 5.37. The van der Waals surface area contributed by atoms with Gasteiger partial charge in [-0.1, -0.05) is 0 Å². The van der Waals surface area contributed by atoms with Gasteiger partial charge in [-0.15, -0.1) is 12.3 Å². The third-order valence-corrected chi connectivity index (χ3v) is 1.89. The Hall–Kier alpha value is -1.70. The standard InChI is InChI=1S/C11H18N2O3/c1-5-6-7-12-10(16)13(8-9(14)15)11(2,3)4/h1H,6-8H2,2-4H3,(H,12,16)(H,14,15). The number of nitrogens with zero attached hydrogens (tertiary/aromatic N) is 1. The highest BCUT2D eigenvalue weighted by molar-refractivity contribution is 5.80. The van der Waals surface area contributed by atoms with Gasteiger partial charge in [0.05, 0.1) is 0 Å². The SMILES string of the molecule is C#CCCNC(=O)N(CC(=O)O)C(C)(C)C. The number of nitrogens with one attached hydrogen (secondary N) is 1. The van der Waals surface area contributed by atoms with Crippen molar-refractivity contribution in [3.05, 3.63) is 0 Å². The number of amides is 2. The van der Waals surface area contributed by atoms with Gasteiger partial charge in [0.2, 0.25) is 0 Å². The zero-order valence-electron chi connectivity index (χ0n) is 9.91. The summed E-state index contributed by atoms with van der Waals surface area (Å²) in [5.74, 6) is 1.35. The minimum Gasteiger partial charge on any atom is -0.480 e. The summed E-state index contributed by atoms with van der Waals surface area (Å²) < 4.78 is 0. The summed E-state index contributed by atoms with van der Waals surface area (Å²) in [4.78, 5) is 23.6. The van der Waals surface area contributed by atoms with Crippen LogP contribution in [0.4, 0.5) is 4.79 Å². The maximum absolute atomic E-state index is 11.7. The molecule has 0 aromatic carbocycles. The molecule has 5 nitrogen and oxygen atoms in total. The zero-order chi connectivity index (χ0) is 12.8. The molecule has 0 saturated carbocycles. The molecule has 0 unspecified atom stereocenters. The molecular weight excluding hydrogens is 208 g/mol. The van der Waals surface area contributed by atoms with E-state index in [9.17, 15) is 9.59 Å². The Bertz CT molecular complexity index is 299. The molecule has 0 aromatic rings. The molecule has 0 aliphatic carbocycles. The van der Waals surface area contributed by atoms with Crippen LogP contribution >= 0.6 is 0 Å². The second-order valence-corrected chi connectivity index (χ2v) is 4.34. The van der Waals surface area contributed by atoms with Crippen LogP contribution in [0, 0.1) is 12.3 Å². The molecule has 0 saturated heterocycles. The Morgan fingerprint density at radius 2 is 2.00 bits per heavy atom. The number of carboxylic acids is 1. The summed E-state index contributed by atoms with van der Waals surface area (Å²) in [7, 11) is 0. The lowest BCUT2D eigenvalue weighted by atomic mass is 10.1. The molecule has 2 N–H and O–H groups in total. The first-order valence-electron chi connectivity index (χ1n) is 4.99. The number of urea groups is 1. The van der Waals surface area contributed by atoms with Crippen LogP contribution in [0.2, 0.25) is 0 Å². The van der Waals surface area contributed by atoms with Crippen molar-refractivity contribution in [1.82, 2.24) is 10.2 Å². The molecule has 16 heavy (non-hydrogen) atoms. The number of hydrogen-bond acceptors (Lipinski definition) is 2. The van der Waals surface area contributed by atoms with E-state index in [4.69, 9.17) is 11.5 Å². The highest BCUT2D eigenvalue weighted by atomic mass is 16.4. The largest absolute Gasteiger partial charge is 0.480 e. The summed E-state index contributed by atoms with van der Waals surface area (Å²) in [6, 6.07) is -0.412. The van der Waals surface area contributed by atoms with Gasteiger partial charge >= 0.3 is 12.0 Å². The molecule has 0 aliphatic rings. The van der Waals surface area contributed by atoms with Gasteiger partial charge in [0.15, 0.2) is 0 Å². The number of carbonyl (C=O) groups excluding carboxylic acids is 1. The van der Waals surface area contributed by atoms with Gasteiger partial charge in [-0.25, -0.2) is 4.79 Å². The summed E-state index contributed by atoms with van der Waals surface area (Å²) >= 11 is 0. The molecule has 0 fully saturated rings. The van der Waals surface area contributed by atoms with Gasteiger partial charge in [0.25, 0.3) is 0 Å². The third-order valence-electron chi connectivity index (χ3n) is 1.89. The fraction of sp³-hybridized carbons (Fsp3) is 0.636. The highest BCUT2D eigenvalue weighted by Gasteiger charge is 2.27. The summed E-state index contributed by atoms with van der Waals surface area (Å²) in [5, 5.41) is 11.3. The van der Waals surface area contributed by atoms with E-state index < -0.39 is 17.5 Å². The van der Waals surface area contributed by atoms with Crippen LogP contribution in [0.3, 0.4) is 0 Å².